The number of nitrogens with zero attached hydrogens (tertiary/aromatic N) is 1. The van der Waals surface area contributed by atoms with Crippen molar-refractivity contribution < 1.29 is 0 Å². The summed E-state index contributed by atoms with van der Waals surface area (Å²) < 4.78 is 0. The maximum atomic E-state index is 5.88. The Morgan fingerprint density at radius 3 is 2.19 bits per heavy atom. The molecule has 0 aromatic heterocycles. The third kappa shape index (κ3) is 4.91. The lowest BCUT2D eigenvalue weighted by atomic mass is 10.1. The predicted octanol–water partition coefficient (Wildman–Crippen LogP) is 4.30. The molecule has 21 heavy (non-hydrogen) atoms. The summed E-state index contributed by atoms with van der Waals surface area (Å²) in [7, 11) is 0. The number of aryl methyl sites for hydroxylation is 2. The maximum Gasteiger partial charge on any atom is 0.0317 e. The molecule has 0 heterocycles. The summed E-state index contributed by atoms with van der Waals surface area (Å²) in [6.45, 7) is 9.60. The van der Waals surface area contributed by atoms with Gasteiger partial charge in [-0.2, -0.15) is 0 Å². The van der Waals surface area contributed by atoms with Gasteiger partial charge in [0.25, 0.3) is 0 Å². The van der Waals surface area contributed by atoms with Crippen LogP contribution < -0.4 is 5.73 Å². The summed E-state index contributed by atoms with van der Waals surface area (Å²) in [5, 5.41) is 0. The molecule has 0 radical (unpaired) electrons. The zero-order chi connectivity index (χ0) is 15.2. The highest BCUT2D eigenvalue weighted by Crippen LogP contribution is 2.15. The van der Waals surface area contributed by atoms with E-state index >= 15 is 0 Å². The highest BCUT2D eigenvalue weighted by atomic mass is 15.1. The lowest BCUT2D eigenvalue weighted by Gasteiger charge is -2.22. The molecule has 2 N–H and O–H groups in total. The van der Waals surface area contributed by atoms with Crippen molar-refractivity contribution in [1.82, 2.24) is 4.90 Å². The molecule has 2 aromatic rings. The second-order valence-corrected chi connectivity index (χ2v) is 5.95. The molecule has 0 aliphatic rings. The molecule has 0 aliphatic carbocycles. The van der Waals surface area contributed by atoms with Crippen molar-refractivity contribution in [1.29, 1.82) is 0 Å². The van der Waals surface area contributed by atoms with Crippen LogP contribution in [-0.4, -0.2) is 11.4 Å². The Kier molecular flexibility index (Phi) is 5.40. The molecule has 0 atom stereocenters. The Balaban J connectivity index is 2.11. The van der Waals surface area contributed by atoms with Crippen molar-refractivity contribution in [2.75, 3.05) is 12.3 Å². The molecule has 2 nitrogen and oxygen atoms in total. The Labute approximate surface area is 128 Å². The van der Waals surface area contributed by atoms with E-state index in [1.807, 2.05) is 12.1 Å². The van der Waals surface area contributed by atoms with Gasteiger partial charge in [0.15, 0.2) is 0 Å². The second-order valence-electron chi connectivity index (χ2n) is 5.95. The summed E-state index contributed by atoms with van der Waals surface area (Å²) in [6, 6.07) is 15.0. The van der Waals surface area contributed by atoms with E-state index in [2.05, 4.69) is 56.0 Å². The van der Waals surface area contributed by atoms with Gasteiger partial charge in [0.05, 0.1) is 0 Å². The number of anilines is 1. The van der Waals surface area contributed by atoms with E-state index in [0.717, 1.165) is 31.7 Å². The molecule has 0 aliphatic heterocycles. The van der Waals surface area contributed by atoms with Gasteiger partial charge in [-0.25, -0.2) is 0 Å². The summed E-state index contributed by atoms with van der Waals surface area (Å²) in [4.78, 5) is 2.49. The van der Waals surface area contributed by atoms with Crippen molar-refractivity contribution in [2.24, 2.45) is 0 Å². The number of nitrogens with two attached hydrogens (primary N) is 1. The number of hydrogen-bond donors (Lipinski definition) is 1. The second kappa shape index (κ2) is 7.28. The van der Waals surface area contributed by atoms with Crippen LogP contribution in [0.3, 0.4) is 0 Å². The first-order chi connectivity index (χ1) is 10.1. The normalized spacial score (nSPS) is 11.0. The van der Waals surface area contributed by atoms with E-state index in [0.29, 0.717) is 0 Å². The van der Waals surface area contributed by atoms with Gasteiger partial charge in [-0.15, -0.1) is 0 Å². The summed E-state index contributed by atoms with van der Waals surface area (Å²) >= 11 is 0. The van der Waals surface area contributed by atoms with Crippen molar-refractivity contribution in [3.63, 3.8) is 0 Å². The van der Waals surface area contributed by atoms with Crippen LogP contribution in [0.5, 0.6) is 0 Å². The molecule has 0 saturated carbocycles. The van der Waals surface area contributed by atoms with Crippen LogP contribution in [0.2, 0.25) is 0 Å². The van der Waals surface area contributed by atoms with Crippen LogP contribution in [0.1, 0.15) is 35.6 Å². The van der Waals surface area contributed by atoms with Gasteiger partial charge in [0, 0.05) is 18.8 Å². The van der Waals surface area contributed by atoms with E-state index in [9.17, 15) is 0 Å². The fraction of sp³-hybridized carbons (Fsp3) is 0.368. The number of benzene rings is 2. The Morgan fingerprint density at radius 1 is 0.905 bits per heavy atom. The smallest absolute Gasteiger partial charge is 0.0317 e. The highest BCUT2D eigenvalue weighted by molar-refractivity contribution is 5.40. The molecular weight excluding hydrogens is 256 g/mol. The number of rotatable bonds is 6. The van der Waals surface area contributed by atoms with Crippen LogP contribution >= 0.6 is 0 Å². The van der Waals surface area contributed by atoms with Gasteiger partial charge >= 0.3 is 0 Å². The Bertz CT molecular complexity index is 570. The van der Waals surface area contributed by atoms with E-state index < -0.39 is 0 Å². The van der Waals surface area contributed by atoms with Gasteiger partial charge in [0.1, 0.15) is 0 Å². The molecule has 0 spiro atoms. The van der Waals surface area contributed by atoms with Crippen LogP contribution in [0.15, 0.2) is 42.5 Å². The largest absolute Gasteiger partial charge is 0.399 e. The van der Waals surface area contributed by atoms with Gasteiger partial charge in [-0.05, 0) is 50.1 Å². The third-order valence-corrected chi connectivity index (χ3v) is 3.58. The van der Waals surface area contributed by atoms with Crippen molar-refractivity contribution >= 4 is 5.69 Å². The maximum absolute atomic E-state index is 5.88. The van der Waals surface area contributed by atoms with E-state index in [1.165, 1.54) is 22.3 Å². The van der Waals surface area contributed by atoms with Crippen molar-refractivity contribution in [3.05, 3.63) is 64.7 Å². The SMILES string of the molecule is CCCN(Cc1cc(C)cc(C)c1)Cc1cccc(N)c1. The molecule has 0 fully saturated rings. The zero-order valence-corrected chi connectivity index (χ0v) is 13.4. The molecule has 2 heteroatoms. The highest BCUT2D eigenvalue weighted by Gasteiger charge is 2.07. The van der Waals surface area contributed by atoms with Gasteiger partial charge in [-0.3, -0.25) is 4.90 Å². The molecule has 112 valence electrons. The van der Waals surface area contributed by atoms with Crippen molar-refractivity contribution in [2.45, 2.75) is 40.3 Å². The first kappa shape index (κ1) is 15.6. The van der Waals surface area contributed by atoms with Crippen LogP contribution in [0.25, 0.3) is 0 Å². The molecule has 0 bridgehead atoms. The average Bonchev–Trinajstić information content (AvgIpc) is 2.37. The minimum Gasteiger partial charge on any atom is -0.399 e. The number of nitrogen functional groups attached to an aromatic ring is 1. The first-order valence-corrected chi connectivity index (χ1v) is 7.70. The quantitative estimate of drug-likeness (QED) is 0.800. The van der Waals surface area contributed by atoms with E-state index in [1.54, 1.807) is 0 Å². The number of hydrogen-bond acceptors (Lipinski definition) is 2. The van der Waals surface area contributed by atoms with Gasteiger partial charge in [-0.1, -0.05) is 48.4 Å². The van der Waals surface area contributed by atoms with E-state index in [-0.39, 0.29) is 0 Å². The molecule has 2 aromatic carbocycles. The van der Waals surface area contributed by atoms with Gasteiger partial charge < -0.3 is 5.73 Å². The van der Waals surface area contributed by atoms with Crippen molar-refractivity contribution in [3.8, 4) is 0 Å². The summed E-state index contributed by atoms with van der Waals surface area (Å²) in [5.74, 6) is 0. The predicted molar refractivity (Wildman–Crippen MR) is 91.2 cm³/mol. The lowest BCUT2D eigenvalue weighted by Crippen LogP contribution is -2.23. The minimum atomic E-state index is 0.843. The minimum absolute atomic E-state index is 0.843. The zero-order valence-electron chi connectivity index (χ0n) is 13.4. The molecule has 2 rings (SSSR count). The summed E-state index contributed by atoms with van der Waals surface area (Å²) in [5.41, 5.74) is 12.1. The lowest BCUT2D eigenvalue weighted by molar-refractivity contribution is 0.257. The van der Waals surface area contributed by atoms with Crippen LogP contribution in [0.4, 0.5) is 5.69 Å². The molecule has 0 amide bonds. The average molecular weight is 282 g/mol. The monoisotopic (exact) mass is 282 g/mol. The molecular formula is C19H26N2. The Hall–Kier alpha value is -1.80. The van der Waals surface area contributed by atoms with Crippen LogP contribution in [-0.2, 0) is 13.1 Å². The van der Waals surface area contributed by atoms with Crippen LogP contribution in [0, 0.1) is 13.8 Å². The topological polar surface area (TPSA) is 29.3 Å². The molecule has 0 unspecified atom stereocenters. The first-order valence-electron chi connectivity index (χ1n) is 7.70. The molecule has 0 saturated heterocycles. The fourth-order valence-electron chi connectivity index (χ4n) is 2.90. The fourth-order valence-corrected chi connectivity index (χ4v) is 2.90. The van der Waals surface area contributed by atoms with E-state index in [4.69, 9.17) is 5.73 Å². The Morgan fingerprint density at radius 2 is 1.57 bits per heavy atom. The summed E-state index contributed by atoms with van der Waals surface area (Å²) in [6.07, 6.45) is 1.16. The standard InChI is InChI=1S/C19H26N2/c1-4-8-21(13-17-6-5-7-19(20)12-17)14-18-10-15(2)9-16(3)11-18/h5-7,9-12H,4,8,13-14,20H2,1-3H3. The van der Waals surface area contributed by atoms with Gasteiger partial charge in [0.2, 0.25) is 0 Å². The third-order valence-electron chi connectivity index (χ3n) is 3.58.